The van der Waals surface area contributed by atoms with Crippen LogP contribution in [0.2, 0.25) is 0 Å². The molecule has 6 atom stereocenters. The normalized spacial score (nSPS) is 24.4. The number of hydrogen-bond acceptors (Lipinski definition) is 6. The molecule has 1 heterocycles. The Labute approximate surface area is 219 Å². The minimum absolute atomic E-state index is 0.193. The van der Waals surface area contributed by atoms with Crippen molar-refractivity contribution in [2.24, 2.45) is 5.92 Å². The summed E-state index contributed by atoms with van der Waals surface area (Å²) in [5.74, 6) is -0.193. The molecule has 0 amide bonds. The quantitative estimate of drug-likeness (QED) is 0.340. The van der Waals surface area contributed by atoms with E-state index >= 15 is 0 Å². The van der Waals surface area contributed by atoms with Crippen molar-refractivity contribution in [1.82, 2.24) is 0 Å². The lowest BCUT2D eigenvalue weighted by Crippen LogP contribution is -2.61. The van der Waals surface area contributed by atoms with Gasteiger partial charge >= 0.3 is 0 Å². The highest BCUT2D eigenvalue weighted by molar-refractivity contribution is 5.49. The van der Waals surface area contributed by atoms with Gasteiger partial charge in [0.25, 0.3) is 0 Å². The van der Waals surface area contributed by atoms with E-state index < -0.39 is 30.5 Å². The van der Waals surface area contributed by atoms with E-state index in [0.29, 0.717) is 19.8 Å². The van der Waals surface area contributed by atoms with E-state index in [-0.39, 0.29) is 18.9 Å². The molecular weight excluding hydrogens is 468 g/mol. The van der Waals surface area contributed by atoms with Crippen LogP contribution in [0, 0.1) is 5.92 Å². The molecular formula is C31H36O6. The number of rotatable bonds is 13. The molecule has 0 bridgehead atoms. The Hall–Kier alpha value is -2.87. The van der Waals surface area contributed by atoms with Crippen molar-refractivity contribution in [2.75, 3.05) is 6.61 Å². The van der Waals surface area contributed by atoms with E-state index in [4.69, 9.17) is 18.9 Å². The van der Waals surface area contributed by atoms with Crippen LogP contribution in [0.1, 0.15) is 30.0 Å². The number of aliphatic hydroxyl groups excluding tert-OH is 1. The van der Waals surface area contributed by atoms with Gasteiger partial charge in [-0.25, -0.2) is 0 Å². The molecule has 1 aliphatic rings. The molecule has 0 saturated carbocycles. The van der Waals surface area contributed by atoms with Gasteiger partial charge < -0.3 is 28.8 Å². The van der Waals surface area contributed by atoms with Gasteiger partial charge in [0.2, 0.25) is 0 Å². The van der Waals surface area contributed by atoms with Crippen molar-refractivity contribution >= 4 is 6.29 Å². The van der Waals surface area contributed by atoms with E-state index in [9.17, 15) is 9.90 Å². The second-order valence-electron chi connectivity index (χ2n) is 9.53. The Balaban J connectivity index is 1.54. The van der Waals surface area contributed by atoms with Crippen LogP contribution in [0.4, 0.5) is 0 Å². The Bertz CT molecular complexity index is 1050. The monoisotopic (exact) mass is 504 g/mol. The van der Waals surface area contributed by atoms with Crippen LogP contribution in [0.3, 0.4) is 0 Å². The summed E-state index contributed by atoms with van der Waals surface area (Å²) in [6.07, 6.45) is -2.15. The Morgan fingerprint density at radius 3 is 1.78 bits per heavy atom. The van der Waals surface area contributed by atoms with Crippen molar-refractivity contribution in [3.05, 3.63) is 108 Å². The summed E-state index contributed by atoms with van der Waals surface area (Å²) in [5.41, 5.74) is 3.07. The largest absolute Gasteiger partial charge is 0.388 e. The lowest BCUT2D eigenvalue weighted by molar-refractivity contribution is -0.269. The number of aldehydes is 1. The molecule has 6 nitrogen and oxygen atoms in total. The zero-order valence-electron chi connectivity index (χ0n) is 21.2. The molecule has 6 heteroatoms. The lowest BCUT2D eigenvalue weighted by atomic mass is 9.87. The second kappa shape index (κ2) is 14.2. The van der Waals surface area contributed by atoms with Gasteiger partial charge in [-0.1, -0.05) is 97.9 Å². The fraction of sp³-hybridized carbons (Fsp3) is 0.387. The first-order valence-electron chi connectivity index (χ1n) is 12.9. The maximum atomic E-state index is 11.4. The molecule has 37 heavy (non-hydrogen) atoms. The molecule has 196 valence electrons. The third-order valence-corrected chi connectivity index (χ3v) is 6.69. The minimum Gasteiger partial charge on any atom is -0.388 e. The third kappa shape index (κ3) is 7.81. The molecule has 0 unspecified atom stereocenters. The molecule has 1 fully saturated rings. The summed E-state index contributed by atoms with van der Waals surface area (Å²) in [4.78, 5) is 11.3. The molecule has 0 aliphatic carbocycles. The van der Waals surface area contributed by atoms with Crippen LogP contribution in [0.25, 0.3) is 0 Å². The molecule has 1 saturated heterocycles. The summed E-state index contributed by atoms with van der Waals surface area (Å²) >= 11 is 0. The highest BCUT2D eigenvalue weighted by Gasteiger charge is 2.48. The van der Waals surface area contributed by atoms with Gasteiger partial charge in [0.1, 0.15) is 30.7 Å². The maximum absolute atomic E-state index is 11.4. The van der Waals surface area contributed by atoms with Crippen molar-refractivity contribution in [3.8, 4) is 0 Å². The minimum atomic E-state index is -0.968. The Kier molecular flexibility index (Phi) is 10.4. The number of benzene rings is 3. The van der Waals surface area contributed by atoms with E-state index in [0.717, 1.165) is 23.0 Å². The van der Waals surface area contributed by atoms with Crippen LogP contribution in [-0.4, -0.2) is 48.5 Å². The summed E-state index contributed by atoms with van der Waals surface area (Å²) in [6.45, 7) is 3.26. The average molecular weight is 505 g/mol. The van der Waals surface area contributed by atoms with Gasteiger partial charge in [-0.15, -0.1) is 0 Å². The molecule has 3 aromatic carbocycles. The molecule has 4 rings (SSSR count). The molecule has 1 N–H and O–H groups in total. The van der Waals surface area contributed by atoms with Crippen molar-refractivity contribution in [3.63, 3.8) is 0 Å². The van der Waals surface area contributed by atoms with Gasteiger partial charge in [0, 0.05) is 6.42 Å². The lowest BCUT2D eigenvalue weighted by Gasteiger charge is -2.46. The predicted molar refractivity (Wildman–Crippen MR) is 141 cm³/mol. The Morgan fingerprint density at radius 1 is 0.784 bits per heavy atom. The Morgan fingerprint density at radius 2 is 1.27 bits per heavy atom. The van der Waals surface area contributed by atoms with Crippen LogP contribution in [0.5, 0.6) is 0 Å². The summed E-state index contributed by atoms with van der Waals surface area (Å²) in [6, 6.07) is 29.7. The first kappa shape index (κ1) is 27.2. The number of aliphatic hydroxyl groups is 1. The van der Waals surface area contributed by atoms with Gasteiger partial charge in [-0.2, -0.15) is 0 Å². The van der Waals surface area contributed by atoms with Gasteiger partial charge in [-0.05, 0) is 22.6 Å². The predicted octanol–water partition coefficient (Wildman–Crippen LogP) is 4.73. The SMILES string of the molecule is C[C@@H](CC=O)[C@@H]1O[C@H](COCc2ccccc2)[C@@H](OCc2ccccc2)[C@H](OCc2ccccc2)[C@H]1O. The topological polar surface area (TPSA) is 74.2 Å². The zero-order chi connectivity index (χ0) is 25.9. The number of carbonyl (C=O) groups excluding carboxylic acids is 1. The number of hydrogen-bond donors (Lipinski definition) is 1. The standard InChI is InChI=1S/C31H36O6/c1-23(17-18-32)29-28(33)31(36-21-26-15-9-4-10-16-26)30(35-20-25-13-7-3-8-14-25)27(37-29)22-34-19-24-11-5-2-6-12-24/h2-16,18,23,27-31,33H,17,19-22H2,1H3/t23-,27+,28-,29-,30+,31+/m0/s1. The van der Waals surface area contributed by atoms with Crippen LogP contribution in [-0.2, 0) is 43.6 Å². The smallest absolute Gasteiger partial charge is 0.120 e. The molecule has 0 spiro atoms. The van der Waals surface area contributed by atoms with E-state index in [1.807, 2.05) is 97.9 Å². The summed E-state index contributed by atoms with van der Waals surface area (Å²) in [5, 5.41) is 11.4. The summed E-state index contributed by atoms with van der Waals surface area (Å²) < 4.78 is 25.2. The van der Waals surface area contributed by atoms with Crippen molar-refractivity contribution in [1.29, 1.82) is 0 Å². The second-order valence-corrected chi connectivity index (χ2v) is 9.53. The van der Waals surface area contributed by atoms with E-state index in [1.165, 1.54) is 0 Å². The van der Waals surface area contributed by atoms with Gasteiger partial charge in [0.15, 0.2) is 0 Å². The number of carbonyl (C=O) groups is 1. The highest BCUT2D eigenvalue weighted by Crippen LogP contribution is 2.32. The first-order valence-corrected chi connectivity index (χ1v) is 12.9. The molecule has 3 aromatic rings. The first-order chi connectivity index (χ1) is 18.2. The summed E-state index contributed by atoms with van der Waals surface area (Å²) in [7, 11) is 0. The molecule has 1 aliphatic heterocycles. The van der Waals surface area contributed by atoms with Crippen LogP contribution >= 0.6 is 0 Å². The molecule has 0 radical (unpaired) electrons. The third-order valence-electron chi connectivity index (χ3n) is 6.69. The van der Waals surface area contributed by atoms with Gasteiger partial charge in [-0.3, -0.25) is 0 Å². The van der Waals surface area contributed by atoms with E-state index in [2.05, 4.69) is 0 Å². The fourth-order valence-corrected chi connectivity index (χ4v) is 4.64. The fourth-order valence-electron chi connectivity index (χ4n) is 4.64. The van der Waals surface area contributed by atoms with Crippen molar-refractivity contribution in [2.45, 2.75) is 63.7 Å². The van der Waals surface area contributed by atoms with Crippen LogP contribution < -0.4 is 0 Å². The maximum Gasteiger partial charge on any atom is 0.120 e. The van der Waals surface area contributed by atoms with Crippen molar-refractivity contribution < 1.29 is 28.8 Å². The average Bonchev–Trinajstić information content (AvgIpc) is 2.94. The molecule has 0 aromatic heterocycles. The number of ether oxygens (including phenoxy) is 4. The van der Waals surface area contributed by atoms with Crippen LogP contribution in [0.15, 0.2) is 91.0 Å². The zero-order valence-corrected chi connectivity index (χ0v) is 21.2. The van der Waals surface area contributed by atoms with E-state index in [1.54, 1.807) is 0 Å². The highest BCUT2D eigenvalue weighted by atomic mass is 16.6. The van der Waals surface area contributed by atoms with Gasteiger partial charge in [0.05, 0.1) is 32.5 Å².